The molecule has 68 heavy (non-hydrogen) atoms. The molecule has 314 valence electrons. The Balaban J connectivity index is 1.05. The number of aromatic nitrogens is 4. The van der Waals surface area contributed by atoms with Crippen LogP contribution in [0.5, 0.6) is 0 Å². The zero-order chi connectivity index (χ0) is 44.5. The summed E-state index contributed by atoms with van der Waals surface area (Å²) in [6, 6.07) is 78.2. The molecule has 0 saturated heterocycles. The summed E-state index contributed by atoms with van der Waals surface area (Å²) in [6.07, 6.45) is 0. The molecule has 0 saturated carbocycles. The second kappa shape index (κ2) is 14.2. The second-order valence-corrected chi connectivity index (χ2v) is 17.9. The van der Waals surface area contributed by atoms with Crippen LogP contribution in [-0.2, 0) is 0 Å². The van der Waals surface area contributed by atoms with Gasteiger partial charge in [-0.1, -0.05) is 170 Å². The molecule has 5 nitrogen and oxygen atoms in total. The summed E-state index contributed by atoms with van der Waals surface area (Å²) < 4.78 is 9.27. The Morgan fingerprint density at radius 1 is 0.309 bits per heavy atom. The molecule has 0 aliphatic heterocycles. The maximum atomic E-state index is 6.81. The van der Waals surface area contributed by atoms with Crippen molar-refractivity contribution < 1.29 is 4.42 Å². The van der Waals surface area contributed by atoms with Gasteiger partial charge in [0.2, 0.25) is 0 Å². The number of hydrogen-bond donors (Lipinski definition) is 0. The third-order valence-electron chi connectivity index (χ3n) is 14.1. The summed E-state index contributed by atoms with van der Waals surface area (Å²) in [6.45, 7) is 0. The van der Waals surface area contributed by atoms with Crippen molar-refractivity contribution in [3.8, 4) is 39.9 Å². The number of fused-ring (bicyclic) bond motifs is 15. The number of furan rings is 1. The fraction of sp³-hybridized carbons (Fsp3) is 0. The molecule has 0 radical (unpaired) electrons. The molecule has 0 bridgehead atoms. The standard InChI is InChI=1S/C63H36N4O/c1-2-15-39-31-43(26-25-37(39)13-1)61-64-62(54-33-42-18-6-7-19-45(42)47-21-9-10-22-48(47)54)66-63(65-61)55-36-58-59(51-23-11-12-24-57(51)68-58)53-35-44(28-30-49(53)55)67-56-34-41-17-4-3-16-40(41)32-52(56)50-29-27-38-14-5-8-20-46(38)60(50)67/h1-36H. The molecule has 5 heteroatoms. The minimum absolute atomic E-state index is 0.574. The number of benzene rings is 12. The van der Waals surface area contributed by atoms with Crippen LogP contribution in [0, 0.1) is 0 Å². The van der Waals surface area contributed by atoms with Gasteiger partial charge in [-0.25, -0.2) is 15.0 Å². The predicted octanol–water partition coefficient (Wildman–Crippen LogP) is 16.8. The molecular formula is C63H36N4O. The van der Waals surface area contributed by atoms with Crippen LogP contribution in [0.2, 0.25) is 0 Å². The van der Waals surface area contributed by atoms with Crippen LogP contribution in [0.3, 0.4) is 0 Å². The first-order valence-electron chi connectivity index (χ1n) is 23.1. The van der Waals surface area contributed by atoms with Crippen molar-refractivity contribution in [1.29, 1.82) is 0 Å². The van der Waals surface area contributed by atoms with E-state index in [9.17, 15) is 0 Å². The van der Waals surface area contributed by atoms with Gasteiger partial charge in [0.05, 0.1) is 11.0 Å². The van der Waals surface area contributed by atoms with E-state index in [0.29, 0.717) is 17.5 Å². The van der Waals surface area contributed by atoms with Crippen LogP contribution in [0.1, 0.15) is 0 Å². The molecule has 0 fully saturated rings. The lowest BCUT2D eigenvalue weighted by atomic mass is 9.96. The minimum Gasteiger partial charge on any atom is -0.456 e. The molecule has 3 heterocycles. The highest BCUT2D eigenvalue weighted by atomic mass is 16.3. The summed E-state index contributed by atoms with van der Waals surface area (Å²) >= 11 is 0. The van der Waals surface area contributed by atoms with Crippen molar-refractivity contribution in [3.05, 3.63) is 218 Å². The minimum atomic E-state index is 0.574. The van der Waals surface area contributed by atoms with Gasteiger partial charge in [0.15, 0.2) is 17.5 Å². The van der Waals surface area contributed by atoms with Gasteiger partial charge in [-0.05, 0) is 108 Å². The van der Waals surface area contributed by atoms with Crippen molar-refractivity contribution in [3.63, 3.8) is 0 Å². The topological polar surface area (TPSA) is 56.7 Å². The maximum absolute atomic E-state index is 6.81. The van der Waals surface area contributed by atoms with E-state index in [1.165, 1.54) is 43.2 Å². The molecular weight excluding hydrogens is 829 g/mol. The molecule has 15 aromatic rings. The lowest BCUT2D eigenvalue weighted by Crippen LogP contribution is -2.01. The summed E-state index contributed by atoms with van der Waals surface area (Å²) in [7, 11) is 0. The monoisotopic (exact) mass is 864 g/mol. The summed E-state index contributed by atoms with van der Waals surface area (Å²) in [5, 5.41) is 18.3. The van der Waals surface area contributed by atoms with Crippen molar-refractivity contribution in [2.24, 2.45) is 0 Å². The smallest absolute Gasteiger partial charge is 0.164 e. The number of para-hydroxylation sites is 1. The Morgan fingerprint density at radius 2 is 0.882 bits per heavy atom. The van der Waals surface area contributed by atoms with Gasteiger partial charge in [0, 0.05) is 49.3 Å². The first-order valence-corrected chi connectivity index (χ1v) is 23.1. The van der Waals surface area contributed by atoms with E-state index in [-0.39, 0.29) is 0 Å². The molecule has 15 rings (SSSR count). The van der Waals surface area contributed by atoms with E-state index >= 15 is 0 Å². The van der Waals surface area contributed by atoms with Crippen LogP contribution in [0.15, 0.2) is 223 Å². The quantitative estimate of drug-likeness (QED) is 0.165. The van der Waals surface area contributed by atoms with E-state index in [2.05, 4.69) is 217 Å². The van der Waals surface area contributed by atoms with Gasteiger partial charge in [-0.2, -0.15) is 0 Å². The second-order valence-electron chi connectivity index (χ2n) is 17.9. The van der Waals surface area contributed by atoms with E-state index in [4.69, 9.17) is 19.4 Å². The molecule has 0 aliphatic rings. The third kappa shape index (κ3) is 5.47. The van der Waals surface area contributed by atoms with Crippen molar-refractivity contribution in [2.45, 2.75) is 0 Å². The highest BCUT2D eigenvalue weighted by Crippen LogP contribution is 2.44. The Hall–Kier alpha value is -9.19. The van der Waals surface area contributed by atoms with Crippen LogP contribution < -0.4 is 0 Å². The molecule has 0 aliphatic carbocycles. The van der Waals surface area contributed by atoms with Crippen molar-refractivity contribution in [1.82, 2.24) is 19.5 Å². The summed E-state index contributed by atoms with van der Waals surface area (Å²) in [5.41, 5.74) is 7.74. The van der Waals surface area contributed by atoms with Gasteiger partial charge in [-0.15, -0.1) is 0 Å². The molecule has 0 atom stereocenters. The molecule has 12 aromatic carbocycles. The van der Waals surface area contributed by atoms with Crippen LogP contribution in [0.4, 0.5) is 0 Å². The van der Waals surface area contributed by atoms with E-state index in [0.717, 1.165) is 87.5 Å². The highest BCUT2D eigenvalue weighted by molar-refractivity contribution is 6.24. The first-order chi connectivity index (χ1) is 33.7. The Kier molecular flexibility index (Phi) is 7.72. The molecule has 0 amide bonds. The van der Waals surface area contributed by atoms with Crippen LogP contribution >= 0.6 is 0 Å². The zero-order valence-electron chi connectivity index (χ0n) is 36.5. The molecule has 0 N–H and O–H groups in total. The van der Waals surface area contributed by atoms with Gasteiger partial charge in [0.1, 0.15) is 11.2 Å². The fourth-order valence-corrected chi connectivity index (χ4v) is 11.0. The summed E-state index contributed by atoms with van der Waals surface area (Å²) in [5.74, 6) is 1.79. The zero-order valence-corrected chi connectivity index (χ0v) is 36.5. The normalized spacial score (nSPS) is 12.1. The molecule has 0 spiro atoms. The average Bonchev–Trinajstić information content (AvgIpc) is 3.95. The van der Waals surface area contributed by atoms with Crippen molar-refractivity contribution in [2.75, 3.05) is 0 Å². The van der Waals surface area contributed by atoms with Crippen molar-refractivity contribution >= 4 is 108 Å². The number of hydrogen-bond acceptors (Lipinski definition) is 4. The van der Waals surface area contributed by atoms with Gasteiger partial charge in [0.25, 0.3) is 0 Å². The predicted molar refractivity (Wildman–Crippen MR) is 283 cm³/mol. The summed E-state index contributed by atoms with van der Waals surface area (Å²) in [4.78, 5) is 16.2. The van der Waals surface area contributed by atoms with E-state index in [1.807, 2.05) is 6.07 Å². The SMILES string of the molecule is c1ccc2cc(-c3nc(-c4cc5ccccc5c5ccccc45)nc(-c4cc5oc6ccccc6c5c5cc(-n6c7cc8ccccc8cc7c7ccc8ccccc8c76)ccc45)n3)ccc2c1. The van der Waals surface area contributed by atoms with Gasteiger partial charge in [-0.3, -0.25) is 0 Å². The van der Waals surface area contributed by atoms with Gasteiger partial charge >= 0.3 is 0 Å². The molecule has 3 aromatic heterocycles. The number of nitrogens with zero attached hydrogens (tertiary/aromatic N) is 4. The highest BCUT2D eigenvalue weighted by Gasteiger charge is 2.23. The van der Waals surface area contributed by atoms with E-state index in [1.54, 1.807) is 0 Å². The Bertz CT molecular complexity index is 4640. The lowest BCUT2D eigenvalue weighted by Gasteiger charge is -2.15. The maximum Gasteiger partial charge on any atom is 0.164 e. The average molecular weight is 865 g/mol. The fourth-order valence-electron chi connectivity index (χ4n) is 11.0. The number of rotatable bonds is 4. The van der Waals surface area contributed by atoms with Crippen LogP contribution in [0.25, 0.3) is 148 Å². The van der Waals surface area contributed by atoms with Crippen LogP contribution in [-0.4, -0.2) is 19.5 Å². The third-order valence-corrected chi connectivity index (χ3v) is 14.1. The Labute approximate surface area is 388 Å². The van der Waals surface area contributed by atoms with Gasteiger partial charge < -0.3 is 8.98 Å². The largest absolute Gasteiger partial charge is 0.456 e. The van der Waals surface area contributed by atoms with E-state index < -0.39 is 0 Å². The first kappa shape index (κ1) is 37.1. The lowest BCUT2D eigenvalue weighted by molar-refractivity contribution is 0.669. The molecule has 0 unspecified atom stereocenters. The Morgan fingerprint density at radius 3 is 1.69 bits per heavy atom.